The third kappa shape index (κ3) is 9.90. The number of nitrogens with one attached hydrogen (secondary N) is 2. The number of fused-ring (bicyclic) bond motifs is 1. The van der Waals surface area contributed by atoms with Gasteiger partial charge in [-0.15, -0.1) is 0 Å². The van der Waals surface area contributed by atoms with Crippen LogP contribution in [0, 0.1) is 5.41 Å². The lowest BCUT2D eigenvalue weighted by molar-refractivity contribution is -0.165. The molecule has 1 aliphatic heterocycles. The number of hydrogen-bond donors (Lipinski definition) is 6. The number of ether oxygens (including phenoxy) is 1. The molecule has 1 aliphatic rings. The quantitative estimate of drug-likeness (QED) is 0.280. The summed E-state index contributed by atoms with van der Waals surface area (Å²) in [6.45, 7) is 9.80. The second-order valence-electron chi connectivity index (χ2n) is 9.94. The summed E-state index contributed by atoms with van der Waals surface area (Å²) in [6, 6.07) is 8.21. The van der Waals surface area contributed by atoms with E-state index >= 15 is 0 Å². The molecule has 1 aromatic heterocycles. The average Bonchev–Trinajstić information content (AvgIpc) is 3.09. The number of benzene rings is 1. The van der Waals surface area contributed by atoms with E-state index in [1.807, 2.05) is 18.3 Å². The van der Waals surface area contributed by atoms with E-state index in [4.69, 9.17) is 36.8 Å². The number of aromatic nitrogens is 1. The molecule has 0 aliphatic carbocycles. The van der Waals surface area contributed by atoms with E-state index in [0.717, 1.165) is 42.2 Å². The van der Waals surface area contributed by atoms with Crippen molar-refractivity contribution in [2.24, 2.45) is 5.41 Å². The molecule has 6 N–H and O–H groups in total. The van der Waals surface area contributed by atoms with Gasteiger partial charge in [-0.1, -0.05) is 44.5 Å². The van der Waals surface area contributed by atoms with E-state index in [9.17, 15) is 9.59 Å². The van der Waals surface area contributed by atoms with E-state index < -0.39 is 24.1 Å². The lowest BCUT2D eigenvalue weighted by atomic mass is 9.98. The number of anilines is 1. The molecule has 204 valence electrons. The Morgan fingerprint density at radius 2 is 1.76 bits per heavy atom. The number of aliphatic hydroxyl groups excluding tert-OH is 2. The van der Waals surface area contributed by atoms with Crippen molar-refractivity contribution in [2.45, 2.75) is 51.9 Å². The van der Waals surface area contributed by atoms with Crippen LogP contribution in [-0.4, -0.2) is 75.9 Å². The largest absolute Gasteiger partial charge is 0.479 e. The molecule has 0 saturated heterocycles. The maximum Gasteiger partial charge on any atom is 0.335 e. The van der Waals surface area contributed by atoms with E-state index in [1.165, 1.54) is 11.1 Å². The number of aliphatic hydroxyl groups is 2. The van der Waals surface area contributed by atoms with Crippen molar-refractivity contribution >= 4 is 29.2 Å². The molecule has 3 atom stereocenters. The molecule has 0 fully saturated rings. The lowest BCUT2D eigenvalue weighted by Crippen LogP contribution is -2.39. The highest BCUT2D eigenvalue weighted by Crippen LogP contribution is 2.33. The fourth-order valence-corrected chi connectivity index (χ4v) is 3.86. The Labute approximate surface area is 221 Å². The zero-order chi connectivity index (χ0) is 27.6. The fourth-order valence-electron chi connectivity index (χ4n) is 3.63. The number of carboxylic acid groups (broad SMARTS) is 2. The summed E-state index contributed by atoms with van der Waals surface area (Å²) in [7, 11) is 0. The van der Waals surface area contributed by atoms with E-state index in [-0.39, 0.29) is 11.5 Å². The standard InChI is InChI=1S/C22H30ClN3O.C4H6O6/c1-22(2,3)15-27-14-20(17-5-4-10-25-13-17)26-21-18-9-12-24-11-8-16(18)6-7-19(21)23;5-1(3(7)8)2(6)4(9)10/h4-7,10,13,20,24,26H,8-9,11-12,14-15H2,1-3H3;1-2,5-6H,(H,7,8)(H,9,10)/t;1-,2-/m.1/s1. The Balaban J connectivity index is 0.000000410. The molecule has 2 heterocycles. The van der Waals surface area contributed by atoms with Crippen LogP contribution in [0.5, 0.6) is 0 Å². The third-order valence-electron chi connectivity index (χ3n) is 5.51. The smallest absolute Gasteiger partial charge is 0.335 e. The van der Waals surface area contributed by atoms with Gasteiger partial charge in [-0.05, 0) is 60.2 Å². The van der Waals surface area contributed by atoms with Crippen LogP contribution in [0.15, 0.2) is 36.7 Å². The molecule has 0 bridgehead atoms. The highest BCUT2D eigenvalue weighted by molar-refractivity contribution is 6.33. The first-order valence-electron chi connectivity index (χ1n) is 12.0. The third-order valence-corrected chi connectivity index (χ3v) is 5.83. The first-order valence-corrected chi connectivity index (χ1v) is 12.4. The molecule has 0 spiro atoms. The monoisotopic (exact) mass is 537 g/mol. The Kier molecular flexibility index (Phi) is 11.7. The minimum Gasteiger partial charge on any atom is -0.479 e. The van der Waals surface area contributed by atoms with Crippen LogP contribution in [0.4, 0.5) is 5.69 Å². The summed E-state index contributed by atoms with van der Waals surface area (Å²) < 4.78 is 6.05. The van der Waals surface area contributed by atoms with Crippen molar-refractivity contribution in [2.75, 3.05) is 31.6 Å². The van der Waals surface area contributed by atoms with Gasteiger partial charge in [0.15, 0.2) is 12.2 Å². The van der Waals surface area contributed by atoms with Gasteiger partial charge in [0.25, 0.3) is 0 Å². The van der Waals surface area contributed by atoms with Crippen LogP contribution in [0.2, 0.25) is 5.02 Å². The molecule has 0 radical (unpaired) electrons. The number of halogens is 1. The van der Waals surface area contributed by atoms with Gasteiger partial charge in [0.05, 0.1) is 30.0 Å². The Morgan fingerprint density at radius 3 is 2.32 bits per heavy atom. The van der Waals surface area contributed by atoms with Gasteiger partial charge >= 0.3 is 11.9 Å². The highest BCUT2D eigenvalue weighted by atomic mass is 35.5. The number of nitrogens with zero attached hydrogens (tertiary/aromatic N) is 1. The van der Waals surface area contributed by atoms with Crippen molar-refractivity contribution in [3.8, 4) is 0 Å². The van der Waals surface area contributed by atoms with Crippen molar-refractivity contribution in [3.05, 3.63) is 58.4 Å². The maximum atomic E-state index is 9.77. The van der Waals surface area contributed by atoms with Gasteiger partial charge in [0.2, 0.25) is 0 Å². The summed E-state index contributed by atoms with van der Waals surface area (Å²) in [4.78, 5) is 23.8. The van der Waals surface area contributed by atoms with E-state index in [0.29, 0.717) is 13.2 Å². The van der Waals surface area contributed by atoms with Gasteiger partial charge in [-0.3, -0.25) is 4.98 Å². The van der Waals surface area contributed by atoms with Gasteiger partial charge < -0.3 is 35.8 Å². The van der Waals surface area contributed by atoms with Crippen molar-refractivity contribution < 1.29 is 34.8 Å². The molecule has 0 amide bonds. The summed E-state index contributed by atoms with van der Waals surface area (Å²) in [5, 5.41) is 40.4. The van der Waals surface area contributed by atoms with E-state index in [2.05, 4.69) is 48.5 Å². The zero-order valence-corrected chi connectivity index (χ0v) is 22.0. The summed E-state index contributed by atoms with van der Waals surface area (Å²) >= 11 is 6.61. The second-order valence-corrected chi connectivity index (χ2v) is 10.3. The van der Waals surface area contributed by atoms with Crippen LogP contribution in [0.25, 0.3) is 0 Å². The summed E-state index contributed by atoms with van der Waals surface area (Å²) in [5.41, 5.74) is 4.95. The minimum absolute atomic E-state index is 0.00117. The first-order chi connectivity index (χ1) is 17.4. The number of rotatable bonds is 9. The van der Waals surface area contributed by atoms with Crippen LogP contribution >= 0.6 is 11.6 Å². The van der Waals surface area contributed by atoms with Crippen molar-refractivity contribution in [1.82, 2.24) is 10.3 Å². The minimum atomic E-state index is -2.27. The van der Waals surface area contributed by atoms with Crippen LogP contribution in [0.3, 0.4) is 0 Å². The molecular weight excluding hydrogens is 502 g/mol. The maximum absolute atomic E-state index is 9.77. The van der Waals surface area contributed by atoms with Crippen LogP contribution in [-0.2, 0) is 27.2 Å². The molecule has 11 heteroatoms. The van der Waals surface area contributed by atoms with Gasteiger partial charge in [-0.2, -0.15) is 0 Å². The SMILES string of the molecule is CC(C)(C)COCC(Nc1c(Cl)ccc2c1CCNCC2)c1cccnc1.O=C(O)[C@H](O)[C@@H](O)C(=O)O. The zero-order valence-electron chi connectivity index (χ0n) is 21.3. The molecule has 0 saturated carbocycles. The Hall–Kier alpha value is -2.76. The molecular formula is C26H36ClN3O7. The highest BCUT2D eigenvalue weighted by Gasteiger charge is 2.29. The Bertz CT molecular complexity index is 1010. The summed E-state index contributed by atoms with van der Waals surface area (Å²) in [6.07, 6.45) is 1.16. The van der Waals surface area contributed by atoms with Gasteiger partial charge in [-0.25, -0.2) is 9.59 Å². The van der Waals surface area contributed by atoms with Crippen LogP contribution in [0.1, 0.15) is 43.5 Å². The normalized spacial score (nSPS) is 15.7. The molecule has 2 aromatic rings. The number of pyridine rings is 1. The molecule has 37 heavy (non-hydrogen) atoms. The van der Waals surface area contributed by atoms with Crippen molar-refractivity contribution in [3.63, 3.8) is 0 Å². The van der Waals surface area contributed by atoms with Gasteiger partial charge in [0, 0.05) is 12.4 Å². The van der Waals surface area contributed by atoms with Crippen LogP contribution < -0.4 is 10.6 Å². The number of carbonyl (C=O) groups is 2. The fraction of sp³-hybridized carbons (Fsp3) is 0.500. The Morgan fingerprint density at radius 1 is 1.11 bits per heavy atom. The predicted molar refractivity (Wildman–Crippen MR) is 140 cm³/mol. The topological polar surface area (TPSA) is 161 Å². The number of carboxylic acids is 2. The average molecular weight is 538 g/mol. The molecule has 1 aromatic carbocycles. The lowest BCUT2D eigenvalue weighted by Gasteiger charge is -2.26. The molecule has 3 rings (SSSR count). The second kappa shape index (κ2) is 14.3. The molecule has 10 nitrogen and oxygen atoms in total. The molecule has 1 unspecified atom stereocenters. The van der Waals surface area contributed by atoms with Crippen molar-refractivity contribution in [1.29, 1.82) is 0 Å². The van der Waals surface area contributed by atoms with E-state index in [1.54, 1.807) is 6.20 Å². The predicted octanol–water partition coefficient (Wildman–Crippen LogP) is 2.52. The van der Waals surface area contributed by atoms with Gasteiger partial charge in [0.1, 0.15) is 0 Å². The number of hydrogen-bond acceptors (Lipinski definition) is 8. The summed E-state index contributed by atoms with van der Waals surface area (Å²) in [5.74, 6) is -3.54. The first kappa shape index (κ1) is 30.5. The number of aliphatic carboxylic acids is 2.